The number of unbranched alkanes of at least 4 members (excludes halogenated alkanes) is 2. The van der Waals surface area contributed by atoms with Crippen LogP contribution in [0, 0.1) is 10.1 Å². The molecule has 1 amide bonds. The lowest BCUT2D eigenvalue weighted by Crippen LogP contribution is -2.38. The van der Waals surface area contributed by atoms with Crippen molar-refractivity contribution in [3.63, 3.8) is 0 Å². The van der Waals surface area contributed by atoms with Gasteiger partial charge in [0, 0.05) is 19.5 Å². The van der Waals surface area contributed by atoms with E-state index in [-0.39, 0.29) is 22.9 Å². The van der Waals surface area contributed by atoms with Crippen LogP contribution in [0.15, 0.2) is 18.2 Å². The molecule has 148 valence electrons. The van der Waals surface area contributed by atoms with E-state index in [1.54, 1.807) is 6.07 Å². The molecule has 0 saturated heterocycles. The van der Waals surface area contributed by atoms with Crippen molar-refractivity contribution >= 4 is 17.9 Å². The van der Waals surface area contributed by atoms with Crippen molar-refractivity contribution in [3.8, 4) is 5.75 Å². The Labute approximate surface area is 159 Å². The molecule has 27 heavy (non-hydrogen) atoms. The number of aldehydes is 1. The maximum absolute atomic E-state index is 12.3. The normalized spacial score (nSPS) is 14.6. The average Bonchev–Trinajstić information content (AvgIpc) is 2.69. The van der Waals surface area contributed by atoms with Crippen LogP contribution in [0.2, 0.25) is 0 Å². The first kappa shape index (κ1) is 20.9. The van der Waals surface area contributed by atoms with Crippen LogP contribution in [0.1, 0.15) is 68.1 Å². The fraction of sp³-hybridized carbons (Fsp3) is 0.600. The summed E-state index contributed by atoms with van der Waals surface area (Å²) < 4.78 is 5.49. The Hall–Kier alpha value is -2.44. The van der Waals surface area contributed by atoms with Gasteiger partial charge in [0.1, 0.15) is 0 Å². The Morgan fingerprint density at radius 3 is 2.67 bits per heavy atom. The minimum absolute atomic E-state index is 0.00819. The molecule has 0 aromatic heterocycles. The molecular weight excluding hydrogens is 348 g/mol. The average molecular weight is 376 g/mol. The van der Waals surface area contributed by atoms with Crippen LogP contribution >= 0.6 is 0 Å². The summed E-state index contributed by atoms with van der Waals surface area (Å²) in [4.78, 5) is 35.6. The number of benzene rings is 1. The Morgan fingerprint density at radius 2 is 2.00 bits per heavy atom. The van der Waals surface area contributed by atoms with Gasteiger partial charge >= 0.3 is 5.69 Å². The van der Waals surface area contributed by atoms with Gasteiger partial charge in [0.2, 0.25) is 5.91 Å². The van der Waals surface area contributed by atoms with E-state index < -0.39 is 4.92 Å². The topological polar surface area (TPSA) is 89.8 Å². The number of nitro benzene ring substituents is 1. The maximum Gasteiger partial charge on any atom is 0.321 e. The second-order valence-electron chi connectivity index (χ2n) is 7.02. The molecule has 0 spiro atoms. The fourth-order valence-electron chi connectivity index (χ4n) is 3.53. The highest BCUT2D eigenvalue weighted by Gasteiger charge is 2.22. The van der Waals surface area contributed by atoms with Gasteiger partial charge < -0.3 is 9.64 Å². The SMILES string of the molecule is CN(C(=O)CCCCCOc1cccc(C=O)c1[N+](=O)[O-])C1CCCCC1. The summed E-state index contributed by atoms with van der Waals surface area (Å²) in [5.41, 5.74) is -0.286. The molecule has 0 aliphatic heterocycles. The molecule has 0 bridgehead atoms. The van der Waals surface area contributed by atoms with Crippen LogP contribution in [-0.2, 0) is 4.79 Å². The van der Waals surface area contributed by atoms with E-state index in [1.165, 1.54) is 31.4 Å². The van der Waals surface area contributed by atoms with Gasteiger partial charge in [-0.2, -0.15) is 0 Å². The number of hydrogen-bond donors (Lipinski definition) is 0. The first-order chi connectivity index (χ1) is 13.0. The van der Waals surface area contributed by atoms with E-state index in [9.17, 15) is 19.7 Å². The van der Waals surface area contributed by atoms with E-state index in [0.29, 0.717) is 31.8 Å². The number of carbonyl (C=O) groups is 2. The molecule has 1 aromatic rings. The van der Waals surface area contributed by atoms with E-state index >= 15 is 0 Å². The number of nitro groups is 1. The van der Waals surface area contributed by atoms with E-state index in [2.05, 4.69) is 0 Å². The first-order valence-electron chi connectivity index (χ1n) is 9.65. The summed E-state index contributed by atoms with van der Waals surface area (Å²) in [6.07, 6.45) is 9.15. The first-order valence-corrected chi connectivity index (χ1v) is 9.65. The highest BCUT2D eigenvalue weighted by Crippen LogP contribution is 2.30. The molecule has 0 atom stereocenters. The number of ether oxygens (including phenoxy) is 1. The third kappa shape index (κ3) is 6.05. The number of nitrogens with zero attached hydrogens (tertiary/aromatic N) is 2. The lowest BCUT2D eigenvalue weighted by atomic mass is 9.94. The highest BCUT2D eigenvalue weighted by molar-refractivity contribution is 5.83. The van der Waals surface area contributed by atoms with Gasteiger partial charge in [-0.1, -0.05) is 25.3 Å². The Kier molecular flexibility index (Phi) is 8.23. The summed E-state index contributed by atoms with van der Waals surface area (Å²) in [6, 6.07) is 4.84. The number of carbonyl (C=O) groups excluding carboxylic acids is 2. The van der Waals surface area contributed by atoms with Crippen LogP contribution in [-0.4, -0.2) is 41.7 Å². The van der Waals surface area contributed by atoms with Crippen molar-refractivity contribution in [2.75, 3.05) is 13.7 Å². The van der Waals surface area contributed by atoms with Crippen LogP contribution in [0.3, 0.4) is 0 Å². The Bertz CT molecular complexity index is 656. The summed E-state index contributed by atoms with van der Waals surface area (Å²) in [7, 11) is 1.90. The van der Waals surface area contributed by atoms with Crippen molar-refractivity contribution in [1.29, 1.82) is 0 Å². The van der Waals surface area contributed by atoms with Crippen LogP contribution < -0.4 is 4.74 Å². The smallest absolute Gasteiger partial charge is 0.321 e. The van der Waals surface area contributed by atoms with Gasteiger partial charge in [-0.05, 0) is 44.2 Å². The lowest BCUT2D eigenvalue weighted by Gasteiger charge is -2.31. The molecule has 7 heteroatoms. The molecule has 0 unspecified atom stereocenters. The molecule has 1 aliphatic carbocycles. The van der Waals surface area contributed by atoms with Crippen molar-refractivity contribution in [3.05, 3.63) is 33.9 Å². The molecule has 1 aromatic carbocycles. The zero-order chi connectivity index (χ0) is 19.6. The van der Waals surface area contributed by atoms with Gasteiger partial charge in [-0.3, -0.25) is 19.7 Å². The maximum atomic E-state index is 12.3. The minimum atomic E-state index is -0.598. The molecule has 0 N–H and O–H groups in total. The van der Waals surface area contributed by atoms with E-state index in [1.807, 2.05) is 11.9 Å². The number of para-hydroxylation sites is 1. The van der Waals surface area contributed by atoms with Crippen LogP contribution in [0.25, 0.3) is 0 Å². The molecule has 1 saturated carbocycles. The van der Waals surface area contributed by atoms with Gasteiger partial charge in [0.25, 0.3) is 0 Å². The lowest BCUT2D eigenvalue weighted by molar-refractivity contribution is -0.386. The minimum Gasteiger partial charge on any atom is -0.487 e. The molecular formula is C20H28N2O5. The van der Waals surface area contributed by atoms with E-state index in [0.717, 1.165) is 25.7 Å². The zero-order valence-corrected chi connectivity index (χ0v) is 15.9. The van der Waals surface area contributed by atoms with Gasteiger partial charge in [0.05, 0.1) is 17.1 Å². The number of amides is 1. The second kappa shape index (κ2) is 10.6. The Morgan fingerprint density at radius 1 is 1.26 bits per heavy atom. The second-order valence-corrected chi connectivity index (χ2v) is 7.02. The predicted molar refractivity (Wildman–Crippen MR) is 102 cm³/mol. The molecule has 1 aliphatic rings. The van der Waals surface area contributed by atoms with Gasteiger partial charge in [0.15, 0.2) is 12.0 Å². The number of rotatable bonds is 10. The van der Waals surface area contributed by atoms with E-state index in [4.69, 9.17) is 4.74 Å². The molecule has 2 rings (SSSR count). The molecule has 0 heterocycles. The van der Waals surface area contributed by atoms with Crippen molar-refractivity contribution in [1.82, 2.24) is 4.90 Å². The fourth-order valence-corrected chi connectivity index (χ4v) is 3.53. The third-order valence-electron chi connectivity index (χ3n) is 5.15. The largest absolute Gasteiger partial charge is 0.487 e. The summed E-state index contributed by atoms with van der Waals surface area (Å²) in [5, 5.41) is 11.1. The van der Waals surface area contributed by atoms with Crippen molar-refractivity contribution < 1.29 is 19.2 Å². The monoisotopic (exact) mass is 376 g/mol. The van der Waals surface area contributed by atoms with Gasteiger partial charge in [-0.25, -0.2) is 0 Å². The molecule has 0 radical (unpaired) electrons. The Balaban J connectivity index is 1.69. The van der Waals surface area contributed by atoms with Crippen LogP contribution in [0.5, 0.6) is 5.75 Å². The number of hydrogen-bond acceptors (Lipinski definition) is 5. The predicted octanol–water partition coefficient (Wildman–Crippen LogP) is 4.14. The summed E-state index contributed by atoms with van der Waals surface area (Å²) in [6.45, 7) is 0.315. The third-order valence-corrected chi connectivity index (χ3v) is 5.15. The van der Waals surface area contributed by atoms with Crippen molar-refractivity contribution in [2.24, 2.45) is 0 Å². The zero-order valence-electron chi connectivity index (χ0n) is 15.9. The van der Waals surface area contributed by atoms with Crippen LogP contribution in [0.4, 0.5) is 5.69 Å². The molecule has 7 nitrogen and oxygen atoms in total. The molecule has 1 fully saturated rings. The standard InChI is InChI=1S/C20H28N2O5/c1-21(17-10-4-2-5-11-17)19(24)13-6-3-7-14-27-18-12-8-9-16(15-23)20(18)22(25)26/h8-9,12,15,17H,2-7,10-11,13-14H2,1H3. The van der Waals surface area contributed by atoms with Crippen molar-refractivity contribution in [2.45, 2.75) is 63.8 Å². The highest BCUT2D eigenvalue weighted by atomic mass is 16.6. The summed E-state index contributed by atoms with van der Waals surface area (Å²) >= 11 is 0. The summed E-state index contributed by atoms with van der Waals surface area (Å²) in [5.74, 6) is 0.301. The van der Waals surface area contributed by atoms with Gasteiger partial charge in [-0.15, -0.1) is 0 Å². The quantitative estimate of drug-likeness (QED) is 0.265.